The molecule has 0 aliphatic rings. The van der Waals surface area contributed by atoms with Gasteiger partial charge < -0.3 is 4.74 Å². The number of hydrogen-bond acceptors (Lipinski definition) is 7. The van der Waals surface area contributed by atoms with Gasteiger partial charge in [-0.15, -0.1) is 10.2 Å². The second-order valence-electron chi connectivity index (χ2n) is 4.85. The fourth-order valence-electron chi connectivity index (χ4n) is 1.81. The molecule has 1 N–H and O–H groups in total. The molecule has 6 nitrogen and oxygen atoms in total. The molecule has 2 aromatic rings. The molecule has 0 atom stereocenters. The van der Waals surface area contributed by atoms with Gasteiger partial charge in [-0.3, -0.25) is 10.1 Å². The minimum atomic E-state index is -0.500. The number of anilines is 1. The van der Waals surface area contributed by atoms with Crippen molar-refractivity contribution in [3.63, 3.8) is 0 Å². The molecule has 1 heterocycles. The Balaban J connectivity index is 2.04. The Morgan fingerprint density at radius 1 is 1.36 bits per heavy atom. The van der Waals surface area contributed by atoms with Crippen LogP contribution in [0.3, 0.4) is 0 Å². The van der Waals surface area contributed by atoms with Crippen LogP contribution in [-0.2, 0) is 4.79 Å². The number of thioether (sulfide) groups is 1. The van der Waals surface area contributed by atoms with Crippen LogP contribution in [0.25, 0.3) is 6.08 Å². The zero-order valence-electron chi connectivity index (χ0n) is 14.0. The van der Waals surface area contributed by atoms with Gasteiger partial charge in [-0.05, 0) is 37.1 Å². The average molecular weight is 374 g/mol. The first-order chi connectivity index (χ1) is 12.2. The lowest BCUT2D eigenvalue weighted by Gasteiger charge is -2.03. The fraction of sp³-hybridized carbons (Fsp3) is 0.294. The van der Waals surface area contributed by atoms with Crippen molar-refractivity contribution in [1.82, 2.24) is 10.2 Å². The average Bonchev–Trinajstić information content (AvgIpc) is 3.06. The van der Waals surface area contributed by atoms with Crippen molar-refractivity contribution >= 4 is 40.2 Å². The van der Waals surface area contributed by atoms with E-state index < -0.39 is 5.91 Å². The number of nitrogens with zero attached hydrogens (tertiary/aromatic N) is 3. The van der Waals surface area contributed by atoms with E-state index in [1.54, 1.807) is 36.0 Å². The molecule has 0 bridgehead atoms. The number of benzene rings is 1. The minimum Gasteiger partial charge on any atom is -0.494 e. The summed E-state index contributed by atoms with van der Waals surface area (Å²) >= 11 is 2.89. The minimum absolute atomic E-state index is 0.00196. The Kier molecular flexibility index (Phi) is 7.44. The number of nitrogens with one attached hydrogen (secondary N) is 1. The van der Waals surface area contributed by atoms with Crippen LogP contribution in [0.5, 0.6) is 5.75 Å². The third kappa shape index (κ3) is 5.89. The summed E-state index contributed by atoms with van der Waals surface area (Å²) < 4.78 is 6.17. The van der Waals surface area contributed by atoms with Gasteiger partial charge in [-0.1, -0.05) is 42.2 Å². The lowest BCUT2D eigenvalue weighted by atomic mass is 10.1. The van der Waals surface area contributed by atoms with E-state index in [0.29, 0.717) is 11.7 Å². The van der Waals surface area contributed by atoms with Crippen LogP contribution in [0, 0.1) is 11.3 Å². The Labute approximate surface area is 154 Å². The molecule has 0 radical (unpaired) electrons. The van der Waals surface area contributed by atoms with Crippen LogP contribution < -0.4 is 10.1 Å². The first kappa shape index (κ1) is 19.0. The molecule has 0 unspecified atom stereocenters. The van der Waals surface area contributed by atoms with E-state index in [-0.39, 0.29) is 5.57 Å². The van der Waals surface area contributed by atoms with Gasteiger partial charge in [0.05, 0.1) is 6.61 Å². The van der Waals surface area contributed by atoms with Crippen LogP contribution in [-0.4, -0.2) is 28.5 Å². The first-order valence-corrected chi connectivity index (χ1v) is 9.58. The molecule has 0 fully saturated rings. The van der Waals surface area contributed by atoms with Crippen molar-refractivity contribution in [2.24, 2.45) is 0 Å². The molecular weight excluding hydrogens is 356 g/mol. The third-order valence-electron chi connectivity index (χ3n) is 2.92. The standard InChI is InChI=1S/C17H18N4O2S2/c1-3-9-24-17-21-20-16(25-17)19-15(22)13(11-18)10-12-5-7-14(8-6-12)23-4-2/h5-8,10H,3-4,9H2,1-2H3,(H,19,20,22)/b13-10+. The summed E-state index contributed by atoms with van der Waals surface area (Å²) in [7, 11) is 0. The second kappa shape index (κ2) is 9.81. The predicted octanol–water partition coefficient (Wildman–Crippen LogP) is 3.98. The normalized spacial score (nSPS) is 11.0. The molecule has 0 spiro atoms. The van der Waals surface area contributed by atoms with Gasteiger partial charge in [-0.25, -0.2) is 0 Å². The molecule has 0 saturated carbocycles. The van der Waals surface area contributed by atoms with Gasteiger partial charge in [-0.2, -0.15) is 5.26 Å². The van der Waals surface area contributed by atoms with E-state index in [1.807, 2.05) is 13.0 Å². The second-order valence-corrected chi connectivity index (χ2v) is 7.17. The lowest BCUT2D eigenvalue weighted by molar-refractivity contribution is -0.112. The van der Waals surface area contributed by atoms with Gasteiger partial charge in [0.2, 0.25) is 5.13 Å². The van der Waals surface area contributed by atoms with Crippen molar-refractivity contribution in [3.8, 4) is 11.8 Å². The SMILES string of the molecule is CCCSc1nnc(NC(=O)/C(C#N)=C/c2ccc(OCC)cc2)s1. The summed E-state index contributed by atoms with van der Waals surface area (Å²) in [5, 5.41) is 20.2. The Morgan fingerprint density at radius 3 is 2.76 bits per heavy atom. The largest absolute Gasteiger partial charge is 0.494 e. The molecule has 8 heteroatoms. The number of nitriles is 1. The van der Waals surface area contributed by atoms with E-state index in [9.17, 15) is 10.1 Å². The number of aromatic nitrogens is 2. The molecule has 25 heavy (non-hydrogen) atoms. The molecule has 2 rings (SSSR count). The van der Waals surface area contributed by atoms with E-state index in [0.717, 1.165) is 27.8 Å². The van der Waals surface area contributed by atoms with Gasteiger partial charge in [0.15, 0.2) is 4.34 Å². The maximum atomic E-state index is 12.2. The highest BCUT2D eigenvalue weighted by Gasteiger charge is 2.13. The summed E-state index contributed by atoms with van der Waals surface area (Å²) in [6.45, 7) is 4.58. The number of rotatable bonds is 8. The van der Waals surface area contributed by atoms with E-state index in [2.05, 4.69) is 22.4 Å². The number of hydrogen-bond donors (Lipinski definition) is 1. The molecule has 1 amide bonds. The van der Waals surface area contributed by atoms with Crippen LogP contribution in [0.2, 0.25) is 0 Å². The van der Waals surface area contributed by atoms with Gasteiger partial charge in [0, 0.05) is 5.75 Å². The monoisotopic (exact) mass is 374 g/mol. The first-order valence-electron chi connectivity index (χ1n) is 7.78. The zero-order chi connectivity index (χ0) is 18.1. The third-order valence-corrected chi connectivity index (χ3v) is 5.10. The summed E-state index contributed by atoms with van der Waals surface area (Å²) in [6, 6.07) is 9.10. The maximum absolute atomic E-state index is 12.2. The highest BCUT2D eigenvalue weighted by molar-refractivity contribution is 8.01. The summed E-state index contributed by atoms with van der Waals surface area (Å²) in [6.07, 6.45) is 2.56. The quantitative estimate of drug-likeness (QED) is 0.325. The molecule has 1 aromatic carbocycles. The number of carbonyl (C=O) groups is 1. The Morgan fingerprint density at radius 2 is 2.12 bits per heavy atom. The maximum Gasteiger partial charge on any atom is 0.268 e. The molecule has 1 aromatic heterocycles. The van der Waals surface area contributed by atoms with Crippen molar-refractivity contribution in [1.29, 1.82) is 5.26 Å². The topological polar surface area (TPSA) is 87.9 Å². The Hall–Kier alpha value is -2.37. The van der Waals surface area contributed by atoms with Crippen LogP contribution in [0.4, 0.5) is 5.13 Å². The van der Waals surface area contributed by atoms with E-state index >= 15 is 0 Å². The van der Waals surface area contributed by atoms with Crippen LogP contribution in [0.1, 0.15) is 25.8 Å². The zero-order valence-corrected chi connectivity index (χ0v) is 15.6. The number of ether oxygens (including phenoxy) is 1. The van der Waals surface area contributed by atoms with Crippen molar-refractivity contribution in [3.05, 3.63) is 35.4 Å². The molecule has 0 aliphatic heterocycles. The number of carbonyl (C=O) groups excluding carboxylic acids is 1. The fourth-order valence-corrected chi connectivity index (χ4v) is 3.49. The van der Waals surface area contributed by atoms with Crippen molar-refractivity contribution < 1.29 is 9.53 Å². The highest BCUT2D eigenvalue weighted by Crippen LogP contribution is 2.26. The van der Waals surface area contributed by atoms with Crippen LogP contribution >= 0.6 is 23.1 Å². The van der Waals surface area contributed by atoms with Crippen LogP contribution in [0.15, 0.2) is 34.2 Å². The van der Waals surface area contributed by atoms with Gasteiger partial charge in [0.25, 0.3) is 5.91 Å². The van der Waals surface area contributed by atoms with Crippen molar-refractivity contribution in [2.75, 3.05) is 17.7 Å². The molecule has 130 valence electrons. The Bertz CT molecular complexity index is 779. The summed E-state index contributed by atoms with van der Waals surface area (Å²) in [5.41, 5.74) is 0.744. The predicted molar refractivity (Wildman–Crippen MR) is 101 cm³/mol. The number of amides is 1. The smallest absolute Gasteiger partial charge is 0.268 e. The van der Waals surface area contributed by atoms with Gasteiger partial charge in [0.1, 0.15) is 17.4 Å². The molecule has 0 aliphatic carbocycles. The van der Waals surface area contributed by atoms with Crippen molar-refractivity contribution in [2.45, 2.75) is 24.6 Å². The summed E-state index contributed by atoms with van der Waals surface area (Å²) in [4.78, 5) is 12.2. The summed E-state index contributed by atoms with van der Waals surface area (Å²) in [5.74, 6) is 1.19. The highest BCUT2D eigenvalue weighted by atomic mass is 32.2. The molecular formula is C17H18N4O2S2. The lowest BCUT2D eigenvalue weighted by Crippen LogP contribution is -2.13. The van der Waals surface area contributed by atoms with E-state index in [4.69, 9.17) is 4.74 Å². The van der Waals surface area contributed by atoms with Gasteiger partial charge >= 0.3 is 0 Å². The van der Waals surface area contributed by atoms with E-state index in [1.165, 1.54) is 17.4 Å². The molecule has 0 saturated heterocycles.